The van der Waals surface area contributed by atoms with Crippen molar-refractivity contribution < 1.29 is 8.60 Å². The van der Waals surface area contributed by atoms with Crippen LogP contribution >= 0.6 is 0 Å². The maximum atomic E-state index is 13.0. The summed E-state index contributed by atoms with van der Waals surface area (Å²) in [7, 11) is -0.990. The average molecular weight is 288 g/mol. The first-order valence-corrected chi connectivity index (χ1v) is 7.52. The first-order chi connectivity index (χ1) is 9.60. The Morgan fingerprint density at radius 2 is 1.95 bits per heavy atom. The molecule has 0 radical (unpaired) electrons. The minimum absolute atomic E-state index is 0.274. The lowest BCUT2D eigenvalue weighted by atomic mass is 10.1. The van der Waals surface area contributed by atoms with Crippen LogP contribution in [-0.4, -0.2) is 10.5 Å². The second-order valence-corrected chi connectivity index (χ2v) is 5.63. The first kappa shape index (κ1) is 14.2. The van der Waals surface area contributed by atoms with E-state index in [1.165, 1.54) is 12.1 Å². The van der Waals surface area contributed by atoms with Crippen molar-refractivity contribution >= 4 is 16.5 Å². The van der Waals surface area contributed by atoms with Gasteiger partial charge in [-0.3, -0.25) is 4.21 Å². The number of anilines is 1. The van der Waals surface area contributed by atoms with E-state index in [1.807, 2.05) is 30.3 Å². The maximum absolute atomic E-state index is 13.0. The fourth-order valence-corrected chi connectivity index (χ4v) is 2.28. The molecule has 0 spiro atoms. The van der Waals surface area contributed by atoms with Crippen molar-refractivity contribution in [3.63, 3.8) is 0 Å². The van der Waals surface area contributed by atoms with E-state index in [2.05, 4.69) is 5.32 Å². The molecule has 0 amide bonds. The molecule has 2 aromatic rings. The number of benzene rings is 2. The van der Waals surface area contributed by atoms with Gasteiger partial charge in [0.15, 0.2) is 0 Å². The largest absolute Gasteiger partial charge is 0.380 e. The average Bonchev–Trinajstić information content (AvgIpc) is 2.46. The Balaban J connectivity index is 2.09. The SMILES string of the molecule is CS(=O)c1ccc(CNc2ccc(F)cc2C#N)cc1. The van der Waals surface area contributed by atoms with Gasteiger partial charge in [-0.15, -0.1) is 0 Å². The third kappa shape index (κ3) is 3.43. The van der Waals surface area contributed by atoms with Gasteiger partial charge in [-0.05, 0) is 35.9 Å². The molecular formula is C15H13FN2OS. The first-order valence-electron chi connectivity index (χ1n) is 5.96. The van der Waals surface area contributed by atoms with Gasteiger partial charge in [0.05, 0.1) is 11.3 Å². The van der Waals surface area contributed by atoms with Crippen molar-refractivity contribution in [2.45, 2.75) is 11.4 Å². The number of rotatable bonds is 4. The zero-order chi connectivity index (χ0) is 14.5. The number of hydrogen-bond donors (Lipinski definition) is 1. The fraction of sp³-hybridized carbons (Fsp3) is 0.133. The number of halogens is 1. The van der Waals surface area contributed by atoms with Crippen LogP contribution in [0.4, 0.5) is 10.1 Å². The lowest BCUT2D eigenvalue weighted by Crippen LogP contribution is -2.02. The van der Waals surface area contributed by atoms with Crippen molar-refractivity contribution in [3.05, 3.63) is 59.4 Å². The quantitative estimate of drug-likeness (QED) is 0.940. The van der Waals surface area contributed by atoms with Gasteiger partial charge in [0, 0.05) is 28.5 Å². The molecule has 102 valence electrons. The van der Waals surface area contributed by atoms with Crippen LogP contribution in [0, 0.1) is 17.1 Å². The molecule has 0 saturated heterocycles. The molecule has 0 aliphatic rings. The Morgan fingerprint density at radius 1 is 1.25 bits per heavy atom. The third-order valence-corrected chi connectivity index (χ3v) is 3.78. The summed E-state index contributed by atoms with van der Waals surface area (Å²) in [5.41, 5.74) is 1.86. The molecule has 0 aromatic heterocycles. The Hall–Kier alpha value is -2.19. The van der Waals surface area contributed by atoms with Gasteiger partial charge >= 0.3 is 0 Å². The van der Waals surface area contributed by atoms with Crippen molar-refractivity contribution in [2.75, 3.05) is 11.6 Å². The van der Waals surface area contributed by atoms with Gasteiger partial charge in [-0.2, -0.15) is 5.26 Å². The summed E-state index contributed by atoms with van der Waals surface area (Å²) in [5.74, 6) is -0.429. The van der Waals surface area contributed by atoms with Gasteiger partial charge < -0.3 is 5.32 Å². The van der Waals surface area contributed by atoms with Crippen LogP contribution in [0.2, 0.25) is 0 Å². The van der Waals surface area contributed by atoms with E-state index in [0.717, 1.165) is 10.5 Å². The summed E-state index contributed by atoms with van der Waals surface area (Å²) in [6.07, 6.45) is 1.63. The monoisotopic (exact) mass is 288 g/mol. The van der Waals surface area contributed by atoms with Crippen LogP contribution in [0.5, 0.6) is 0 Å². The number of nitriles is 1. The van der Waals surface area contributed by atoms with Gasteiger partial charge in [-0.25, -0.2) is 4.39 Å². The van der Waals surface area contributed by atoms with E-state index in [9.17, 15) is 8.60 Å². The molecule has 1 atom stereocenters. The normalized spacial score (nSPS) is 11.7. The van der Waals surface area contributed by atoms with E-state index in [-0.39, 0.29) is 5.56 Å². The summed E-state index contributed by atoms with van der Waals surface area (Å²) in [5, 5.41) is 12.0. The van der Waals surface area contributed by atoms with E-state index >= 15 is 0 Å². The Bertz CT molecular complexity index is 677. The highest BCUT2D eigenvalue weighted by molar-refractivity contribution is 7.84. The number of nitrogens with zero attached hydrogens (tertiary/aromatic N) is 1. The molecular weight excluding hydrogens is 275 g/mol. The fourth-order valence-electron chi connectivity index (χ4n) is 1.76. The van der Waals surface area contributed by atoms with Crippen molar-refractivity contribution in [2.24, 2.45) is 0 Å². The van der Waals surface area contributed by atoms with Gasteiger partial charge in [0.2, 0.25) is 0 Å². The molecule has 0 aliphatic carbocycles. The van der Waals surface area contributed by atoms with E-state index in [1.54, 1.807) is 12.3 Å². The van der Waals surface area contributed by atoms with Gasteiger partial charge in [0.25, 0.3) is 0 Å². The van der Waals surface area contributed by atoms with Crippen LogP contribution in [0.25, 0.3) is 0 Å². The number of nitrogens with one attached hydrogen (secondary N) is 1. The smallest absolute Gasteiger partial charge is 0.124 e. The molecule has 20 heavy (non-hydrogen) atoms. The van der Waals surface area contributed by atoms with Crippen molar-refractivity contribution in [1.29, 1.82) is 5.26 Å². The minimum Gasteiger partial charge on any atom is -0.380 e. The summed E-state index contributed by atoms with van der Waals surface area (Å²) in [4.78, 5) is 0.772. The van der Waals surface area contributed by atoms with Crippen LogP contribution in [-0.2, 0) is 17.3 Å². The van der Waals surface area contributed by atoms with E-state index < -0.39 is 16.6 Å². The molecule has 1 N–H and O–H groups in total. The van der Waals surface area contributed by atoms with Crippen LogP contribution < -0.4 is 5.32 Å². The molecule has 0 fully saturated rings. The lowest BCUT2D eigenvalue weighted by Gasteiger charge is -2.08. The molecule has 1 unspecified atom stereocenters. The predicted octanol–water partition coefficient (Wildman–Crippen LogP) is 3.05. The van der Waals surface area contributed by atoms with Gasteiger partial charge in [-0.1, -0.05) is 12.1 Å². The number of hydrogen-bond acceptors (Lipinski definition) is 3. The lowest BCUT2D eigenvalue weighted by molar-refractivity contribution is 0.627. The molecule has 0 saturated carbocycles. The van der Waals surface area contributed by atoms with Crippen LogP contribution in [0.1, 0.15) is 11.1 Å². The molecule has 0 heterocycles. The highest BCUT2D eigenvalue weighted by atomic mass is 32.2. The summed E-state index contributed by atoms with van der Waals surface area (Å²) in [6, 6.07) is 13.4. The van der Waals surface area contributed by atoms with E-state index in [4.69, 9.17) is 5.26 Å². The third-order valence-electron chi connectivity index (χ3n) is 2.84. The molecule has 5 heteroatoms. The van der Waals surface area contributed by atoms with Gasteiger partial charge in [0.1, 0.15) is 11.9 Å². The molecule has 0 aliphatic heterocycles. The second-order valence-electron chi connectivity index (χ2n) is 4.25. The highest BCUT2D eigenvalue weighted by Crippen LogP contribution is 2.17. The summed E-state index contributed by atoms with van der Waals surface area (Å²) >= 11 is 0. The van der Waals surface area contributed by atoms with Crippen molar-refractivity contribution in [3.8, 4) is 6.07 Å². The Morgan fingerprint density at radius 3 is 2.55 bits per heavy atom. The summed E-state index contributed by atoms with van der Waals surface area (Å²) in [6.45, 7) is 0.511. The van der Waals surface area contributed by atoms with Crippen LogP contribution in [0.3, 0.4) is 0 Å². The standard InChI is InChI=1S/C15H13FN2OS/c1-20(19)14-5-2-11(3-6-14)10-18-15-7-4-13(16)8-12(15)9-17/h2-8,18H,10H2,1H3. The summed E-state index contributed by atoms with van der Waals surface area (Å²) < 4.78 is 24.3. The molecule has 2 rings (SSSR count). The Labute approximate surface area is 119 Å². The minimum atomic E-state index is -0.990. The van der Waals surface area contributed by atoms with Crippen LogP contribution in [0.15, 0.2) is 47.4 Å². The molecule has 2 aromatic carbocycles. The second kappa shape index (κ2) is 6.31. The van der Waals surface area contributed by atoms with Crippen molar-refractivity contribution in [1.82, 2.24) is 0 Å². The maximum Gasteiger partial charge on any atom is 0.124 e. The predicted molar refractivity (Wildman–Crippen MR) is 77.2 cm³/mol. The van der Waals surface area contributed by atoms with E-state index in [0.29, 0.717) is 12.2 Å². The topological polar surface area (TPSA) is 52.9 Å². The molecule has 0 bridgehead atoms. The Kier molecular flexibility index (Phi) is 4.49. The zero-order valence-electron chi connectivity index (χ0n) is 10.9. The highest BCUT2D eigenvalue weighted by Gasteiger charge is 2.04. The zero-order valence-corrected chi connectivity index (χ0v) is 11.7. The molecule has 3 nitrogen and oxygen atoms in total.